The summed E-state index contributed by atoms with van der Waals surface area (Å²) in [6, 6.07) is 2.74. The van der Waals surface area contributed by atoms with Crippen molar-refractivity contribution in [1.82, 2.24) is 0 Å². The molecule has 0 aromatic heterocycles. The summed E-state index contributed by atoms with van der Waals surface area (Å²) in [7, 11) is 1.31. The predicted molar refractivity (Wildman–Crippen MR) is 52.3 cm³/mol. The Hall–Kier alpha value is -1.43. The summed E-state index contributed by atoms with van der Waals surface area (Å²) in [5.41, 5.74) is 5.67. The highest BCUT2D eigenvalue weighted by atomic mass is 19.4. The Bertz CT molecular complexity index is 366. The molecule has 0 spiro atoms. The van der Waals surface area contributed by atoms with Crippen LogP contribution in [0.1, 0.15) is 18.0 Å². The van der Waals surface area contributed by atoms with Crippen molar-refractivity contribution >= 4 is 0 Å². The van der Waals surface area contributed by atoms with Gasteiger partial charge in [-0.05, 0) is 17.7 Å². The van der Waals surface area contributed by atoms with E-state index in [1.54, 1.807) is 0 Å². The first-order valence-electron chi connectivity index (χ1n) is 4.52. The Morgan fingerprint density at radius 3 is 2.56 bits per heavy atom. The summed E-state index contributed by atoms with van der Waals surface area (Å²) in [5.74, 6) is -0.0272. The number of rotatable bonds is 3. The highest BCUT2D eigenvalue weighted by Crippen LogP contribution is 2.32. The zero-order chi connectivity index (χ0) is 12.3. The molecule has 0 saturated heterocycles. The summed E-state index contributed by atoms with van der Waals surface area (Å²) in [6.45, 7) is 0. The number of hydrogen-bond donors (Lipinski definition) is 2. The van der Waals surface area contributed by atoms with Crippen LogP contribution in [0.3, 0.4) is 0 Å². The zero-order valence-electron chi connectivity index (χ0n) is 8.58. The van der Waals surface area contributed by atoms with Gasteiger partial charge in [0.15, 0.2) is 11.5 Å². The lowest BCUT2D eigenvalue weighted by molar-refractivity contribution is -0.138. The van der Waals surface area contributed by atoms with Gasteiger partial charge in [0.1, 0.15) is 0 Å². The Balaban J connectivity index is 2.88. The molecule has 0 unspecified atom stereocenters. The van der Waals surface area contributed by atoms with Crippen LogP contribution in [-0.2, 0) is 0 Å². The fraction of sp³-hybridized carbons (Fsp3) is 0.400. The molecule has 1 aromatic rings. The molecule has 0 fully saturated rings. The second-order valence-corrected chi connectivity index (χ2v) is 3.36. The third-order valence-electron chi connectivity index (χ3n) is 2.08. The van der Waals surface area contributed by atoms with Crippen molar-refractivity contribution in [2.24, 2.45) is 5.73 Å². The van der Waals surface area contributed by atoms with Crippen LogP contribution in [0, 0.1) is 0 Å². The first kappa shape index (κ1) is 12.6. The average molecular weight is 235 g/mol. The largest absolute Gasteiger partial charge is 0.504 e. The molecule has 0 aliphatic rings. The van der Waals surface area contributed by atoms with E-state index in [0.29, 0.717) is 0 Å². The molecular weight excluding hydrogens is 223 g/mol. The van der Waals surface area contributed by atoms with Crippen LogP contribution in [0.15, 0.2) is 18.2 Å². The van der Waals surface area contributed by atoms with Gasteiger partial charge in [-0.25, -0.2) is 0 Å². The number of hydrogen-bond acceptors (Lipinski definition) is 3. The van der Waals surface area contributed by atoms with Crippen molar-refractivity contribution in [3.8, 4) is 11.5 Å². The number of phenols is 1. The second kappa shape index (κ2) is 4.61. The molecule has 0 aliphatic heterocycles. The van der Waals surface area contributed by atoms with Gasteiger partial charge in [-0.15, -0.1) is 0 Å². The van der Waals surface area contributed by atoms with Crippen LogP contribution in [-0.4, -0.2) is 18.4 Å². The molecule has 3 nitrogen and oxygen atoms in total. The molecule has 3 N–H and O–H groups in total. The summed E-state index contributed by atoms with van der Waals surface area (Å²) in [6.07, 6.45) is -5.43. The first-order valence-corrected chi connectivity index (χ1v) is 4.52. The van der Waals surface area contributed by atoms with Gasteiger partial charge >= 0.3 is 6.18 Å². The number of halogens is 3. The second-order valence-electron chi connectivity index (χ2n) is 3.36. The molecule has 0 radical (unpaired) electrons. The maximum absolute atomic E-state index is 12.1. The molecule has 0 amide bonds. The predicted octanol–water partition coefficient (Wildman–Crippen LogP) is 2.35. The smallest absolute Gasteiger partial charge is 0.390 e. The third-order valence-corrected chi connectivity index (χ3v) is 2.08. The van der Waals surface area contributed by atoms with E-state index in [4.69, 9.17) is 10.5 Å². The molecule has 90 valence electrons. The number of phenolic OH excluding ortho intramolecular Hbond substituents is 1. The van der Waals surface area contributed by atoms with Crippen LogP contribution in [0.25, 0.3) is 0 Å². The molecule has 6 heteroatoms. The minimum absolute atomic E-state index is 0.107. The van der Waals surface area contributed by atoms with E-state index in [2.05, 4.69) is 0 Å². The van der Waals surface area contributed by atoms with Gasteiger partial charge in [0.2, 0.25) is 0 Å². The Kier molecular flexibility index (Phi) is 3.64. The van der Waals surface area contributed by atoms with Gasteiger partial charge in [-0.2, -0.15) is 13.2 Å². The van der Waals surface area contributed by atoms with E-state index >= 15 is 0 Å². The van der Waals surface area contributed by atoms with Crippen molar-refractivity contribution in [1.29, 1.82) is 0 Å². The number of aromatic hydroxyl groups is 1. The molecular formula is C10H12F3NO2. The number of alkyl halides is 3. The maximum Gasteiger partial charge on any atom is 0.390 e. The van der Waals surface area contributed by atoms with E-state index in [1.165, 1.54) is 25.3 Å². The summed E-state index contributed by atoms with van der Waals surface area (Å²) in [4.78, 5) is 0. The molecule has 0 bridgehead atoms. The first-order chi connectivity index (χ1) is 7.33. The number of benzene rings is 1. The van der Waals surface area contributed by atoms with Gasteiger partial charge in [0.25, 0.3) is 0 Å². The van der Waals surface area contributed by atoms with Gasteiger partial charge in [-0.3, -0.25) is 0 Å². The van der Waals surface area contributed by atoms with Crippen LogP contribution in [0.5, 0.6) is 11.5 Å². The quantitative estimate of drug-likeness (QED) is 0.845. The fourth-order valence-electron chi connectivity index (χ4n) is 1.29. The van der Waals surface area contributed by atoms with Crippen molar-refractivity contribution in [2.75, 3.05) is 7.11 Å². The van der Waals surface area contributed by atoms with Crippen molar-refractivity contribution < 1.29 is 23.0 Å². The summed E-state index contributed by atoms with van der Waals surface area (Å²) >= 11 is 0. The topological polar surface area (TPSA) is 55.5 Å². The van der Waals surface area contributed by atoms with Crippen LogP contribution in [0.2, 0.25) is 0 Å². The molecule has 0 heterocycles. The average Bonchev–Trinajstić information content (AvgIpc) is 2.15. The normalized spacial score (nSPS) is 13.6. The van der Waals surface area contributed by atoms with Crippen LogP contribution < -0.4 is 10.5 Å². The van der Waals surface area contributed by atoms with Crippen molar-refractivity contribution in [2.45, 2.75) is 18.6 Å². The zero-order valence-corrected chi connectivity index (χ0v) is 8.58. The van der Waals surface area contributed by atoms with Crippen molar-refractivity contribution in [3.63, 3.8) is 0 Å². The summed E-state index contributed by atoms with van der Waals surface area (Å²) in [5, 5.41) is 9.26. The highest BCUT2D eigenvalue weighted by molar-refractivity contribution is 5.42. The van der Waals surface area contributed by atoms with Crippen LogP contribution in [0.4, 0.5) is 13.2 Å². The molecule has 1 aromatic carbocycles. The Morgan fingerprint density at radius 2 is 2.06 bits per heavy atom. The lowest BCUT2D eigenvalue weighted by atomic mass is 10.0. The Labute approximate surface area is 90.6 Å². The third kappa shape index (κ3) is 3.30. The van der Waals surface area contributed by atoms with E-state index in [1.807, 2.05) is 0 Å². The van der Waals surface area contributed by atoms with E-state index < -0.39 is 18.6 Å². The van der Waals surface area contributed by atoms with Gasteiger partial charge in [-0.1, -0.05) is 6.07 Å². The fourth-order valence-corrected chi connectivity index (χ4v) is 1.29. The molecule has 16 heavy (non-hydrogen) atoms. The molecule has 0 saturated carbocycles. The lowest BCUT2D eigenvalue weighted by Gasteiger charge is -2.15. The number of methoxy groups -OCH3 is 1. The molecule has 1 rings (SSSR count). The maximum atomic E-state index is 12.1. The minimum Gasteiger partial charge on any atom is -0.504 e. The van der Waals surface area contributed by atoms with E-state index in [9.17, 15) is 18.3 Å². The lowest BCUT2D eigenvalue weighted by Crippen LogP contribution is -2.20. The number of ether oxygens (including phenoxy) is 1. The van der Waals surface area contributed by atoms with Gasteiger partial charge < -0.3 is 15.6 Å². The highest BCUT2D eigenvalue weighted by Gasteiger charge is 2.31. The SMILES string of the molecule is COc1cc([C@H](N)CC(F)(F)F)ccc1O. The van der Waals surface area contributed by atoms with E-state index in [0.717, 1.165) is 0 Å². The molecule has 0 aliphatic carbocycles. The number of nitrogens with two attached hydrogens (primary N) is 1. The van der Waals surface area contributed by atoms with Crippen molar-refractivity contribution in [3.05, 3.63) is 23.8 Å². The van der Waals surface area contributed by atoms with Gasteiger partial charge in [0, 0.05) is 6.04 Å². The van der Waals surface area contributed by atoms with E-state index in [-0.39, 0.29) is 17.1 Å². The minimum atomic E-state index is -4.31. The molecule has 1 atom stereocenters. The van der Waals surface area contributed by atoms with Gasteiger partial charge in [0.05, 0.1) is 13.5 Å². The monoisotopic (exact) mass is 235 g/mol. The standard InChI is InChI=1S/C10H12F3NO2/c1-16-9-4-6(2-3-8(9)15)7(14)5-10(11,12)13/h2-4,7,15H,5,14H2,1H3/t7-/m1/s1. The Morgan fingerprint density at radius 1 is 1.44 bits per heavy atom. The summed E-state index contributed by atoms with van der Waals surface area (Å²) < 4.78 is 41.1. The van der Waals surface area contributed by atoms with Crippen LogP contribution >= 0.6 is 0 Å².